The fraction of sp³-hybridized carbons (Fsp3) is 0.588. The van der Waals surface area contributed by atoms with Gasteiger partial charge in [0.05, 0.1) is 6.33 Å². The number of nitrogens with zero attached hydrogens (tertiary/aromatic N) is 3. The van der Waals surface area contributed by atoms with Crippen molar-refractivity contribution in [1.29, 1.82) is 0 Å². The molecular weight excluding hydrogens is 290 g/mol. The van der Waals surface area contributed by atoms with Crippen LogP contribution >= 0.6 is 0 Å². The third-order valence-electron chi connectivity index (χ3n) is 4.47. The minimum absolute atomic E-state index is 0.00517. The van der Waals surface area contributed by atoms with Gasteiger partial charge < -0.3 is 15.2 Å². The molecule has 2 N–H and O–H groups in total. The Morgan fingerprint density at radius 2 is 2.09 bits per heavy atom. The second kappa shape index (κ2) is 8.06. The number of rotatable bonds is 7. The normalized spacial score (nSPS) is 15.8. The summed E-state index contributed by atoms with van der Waals surface area (Å²) in [6, 6.07) is 3.74. The standard InChI is InChI=1S/C17H25N5O/c23-16(12-22-13-21-15-7-4-8-20-17(15)22)19-10-9-18-11-14-5-2-1-3-6-14/h4,7-8,13-14,18H,1-3,5-6,9-12H2,(H,19,23). The predicted octanol–water partition coefficient (Wildman–Crippen LogP) is 1.72. The molecule has 1 aliphatic rings. The highest BCUT2D eigenvalue weighted by Crippen LogP contribution is 2.22. The lowest BCUT2D eigenvalue weighted by molar-refractivity contribution is -0.121. The van der Waals surface area contributed by atoms with Crippen molar-refractivity contribution in [2.24, 2.45) is 5.92 Å². The number of carbonyl (C=O) groups is 1. The van der Waals surface area contributed by atoms with Gasteiger partial charge in [-0.25, -0.2) is 9.97 Å². The smallest absolute Gasteiger partial charge is 0.240 e. The van der Waals surface area contributed by atoms with Crippen molar-refractivity contribution in [3.05, 3.63) is 24.7 Å². The van der Waals surface area contributed by atoms with E-state index in [-0.39, 0.29) is 12.5 Å². The van der Waals surface area contributed by atoms with Crippen molar-refractivity contribution < 1.29 is 4.79 Å². The molecule has 23 heavy (non-hydrogen) atoms. The first-order chi connectivity index (χ1) is 11.3. The van der Waals surface area contributed by atoms with Crippen molar-refractivity contribution in [1.82, 2.24) is 25.2 Å². The maximum absolute atomic E-state index is 12.0. The van der Waals surface area contributed by atoms with E-state index in [0.717, 1.165) is 30.2 Å². The number of imidazole rings is 1. The van der Waals surface area contributed by atoms with Crippen LogP contribution in [0.15, 0.2) is 24.7 Å². The second-order valence-corrected chi connectivity index (χ2v) is 6.28. The SMILES string of the molecule is O=C(Cn1cnc2cccnc21)NCCNCC1CCCCC1. The molecule has 1 aliphatic carbocycles. The van der Waals surface area contributed by atoms with E-state index in [1.165, 1.54) is 32.1 Å². The number of pyridine rings is 1. The summed E-state index contributed by atoms with van der Waals surface area (Å²) in [5.41, 5.74) is 1.56. The van der Waals surface area contributed by atoms with E-state index in [0.29, 0.717) is 6.54 Å². The molecule has 0 radical (unpaired) electrons. The molecule has 124 valence electrons. The lowest BCUT2D eigenvalue weighted by Gasteiger charge is -2.21. The summed E-state index contributed by atoms with van der Waals surface area (Å²) in [6.45, 7) is 2.82. The van der Waals surface area contributed by atoms with Gasteiger partial charge in [-0.15, -0.1) is 0 Å². The number of aromatic nitrogens is 3. The molecule has 6 nitrogen and oxygen atoms in total. The zero-order valence-electron chi connectivity index (χ0n) is 13.5. The van der Waals surface area contributed by atoms with E-state index in [9.17, 15) is 4.79 Å². The lowest BCUT2D eigenvalue weighted by Crippen LogP contribution is -2.35. The minimum Gasteiger partial charge on any atom is -0.353 e. The van der Waals surface area contributed by atoms with E-state index in [2.05, 4.69) is 20.6 Å². The Labute approximate surface area is 136 Å². The van der Waals surface area contributed by atoms with Crippen molar-refractivity contribution in [3.63, 3.8) is 0 Å². The Hall–Kier alpha value is -1.95. The van der Waals surface area contributed by atoms with Crippen LogP contribution in [0.25, 0.3) is 11.2 Å². The number of hydrogen-bond donors (Lipinski definition) is 2. The summed E-state index contributed by atoms with van der Waals surface area (Å²) in [6.07, 6.45) is 10.2. The van der Waals surface area contributed by atoms with Crippen molar-refractivity contribution >= 4 is 17.1 Å². The van der Waals surface area contributed by atoms with Gasteiger partial charge in [0.1, 0.15) is 12.1 Å². The molecule has 0 aliphatic heterocycles. The highest BCUT2D eigenvalue weighted by atomic mass is 16.1. The van der Waals surface area contributed by atoms with Gasteiger partial charge in [-0.3, -0.25) is 4.79 Å². The topological polar surface area (TPSA) is 71.8 Å². The molecule has 0 atom stereocenters. The summed E-state index contributed by atoms with van der Waals surface area (Å²) in [5.74, 6) is 0.817. The van der Waals surface area contributed by atoms with Crippen LogP contribution in [0.5, 0.6) is 0 Å². The Morgan fingerprint density at radius 3 is 2.96 bits per heavy atom. The van der Waals surface area contributed by atoms with E-state index < -0.39 is 0 Å². The van der Waals surface area contributed by atoms with Gasteiger partial charge in [0.25, 0.3) is 0 Å². The first-order valence-corrected chi connectivity index (χ1v) is 8.56. The molecule has 0 spiro atoms. The monoisotopic (exact) mass is 315 g/mol. The molecule has 1 fully saturated rings. The zero-order chi connectivity index (χ0) is 15.9. The lowest BCUT2D eigenvalue weighted by atomic mass is 9.89. The van der Waals surface area contributed by atoms with Crippen LogP contribution < -0.4 is 10.6 Å². The van der Waals surface area contributed by atoms with Gasteiger partial charge >= 0.3 is 0 Å². The van der Waals surface area contributed by atoms with E-state index in [1.54, 1.807) is 17.1 Å². The third kappa shape index (κ3) is 4.51. The van der Waals surface area contributed by atoms with Gasteiger partial charge in [-0.1, -0.05) is 19.3 Å². The van der Waals surface area contributed by atoms with Crippen LogP contribution in [0.3, 0.4) is 0 Å². The van der Waals surface area contributed by atoms with Gasteiger partial charge in [0.15, 0.2) is 5.65 Å². The summed E-state index contributed by atoms with van der Waals surface area (Å²) >= 11 is 0. The van der Waals surface area contributed by atoms with Crippen LogP contribution in [0.4, 0.5) is 0 Å². The minimum atomic E-state index is -0.00517. The van der Waals surface area contributed by atoms with Gasteiger partial charge in [0, 0.05) is 19.3 Å². The average Bonchev–Trinajstić information content (AvgIpc) is 2.99. The Bertz CT molecular complexity index is 633. The van der Waals surface area contributed by atoms with Gasteiger partial charge in [-0.05, 0) is 37.4 Å². The first kappa shape index (κ1) is 15.9. The molecule has 2 aromatic rings. The molecule has 1 amide bonds. The summed E-state index contributed by atoms with van der Waals surface area (Å²) in [5, 5.41) is 6.40. The van der Waals surface area contributed by atoms with Crippen LogP contribution in [0.1, 0.15) is 32.1 Å². The quantitative estimate of drug-likeness (QED) is 0.763. The highest BCUT2D eigenvalue weighted by molar-refractivity contribution is 5.78. The van der Waals surface area contributed by atoms with Crippen LogP contribution in [-0.2, 0) is 11.3 Å². The van der Waals surface area contributed by atoms with Crippen LogP contribution in [0, 0.1) is 5.92 Å². The summed E-state index contributed by atoms with van der Waals surface area (Å²) in [7, 11) is 0. The predicted molar refractivity (Wildman–Crippen MR) is 90.0 cm³/mol. The molecule has 0 aromatic carbocycles. The van der Waals surface area contributed by atoms with Crippen molar-refractivity contribution in [3.8, 4) is 0 Å². The summed E-state index contributed by atoms with van der Waals surface area (Å²) < 4.78 is 1.78. The van der Waals surface area contributed by atoms with Gasteiger partial charge in [0.2, 0.25) is 5.91 Å². The maximum atomic E-state index is 12.0. The highest BCUT2D eigenvalue weighted by Gasteiger charge is 2.12. The average molecular weight is 315 g/mol. The fourth-order valence-corrected chi connectivity index (χ4v) is 3.21. The Balaban J connectivity index is 1.35. The largest absolute Gasteiger partial charge is 0.353 e. The number of fused-ring (bicyclic) bond motifs is 1. The third-order valence-corrected chi connectivity index (χ3v) is 4.47. The Kier molecular flexibility index (Phi) is 5.58. The van der Waals surface area contributed by atoms with Crippen LogP contribution in [0.2, 0.25) is 0 Å². The number of nitrogens with one attached hydrogen (secondary N) is 2. The zero-order valence-corrected chi connectivity index (χ0v) is 13.5. The van der Waals surface area contributed by atoms with E-state index in [4.69, 9.17) is 0 Å². The summed E-state index contributed by atoms with van der Waals surface area (Å²) in [4.78, 5) is 20.5. The first-order valence-electron chi connectivity index (χ1n) is 8.56. The molecule has 2 heterocycles. The molecule has 0 unspecified atom stereocenters. The Morgan fingerprint density at radius 1 is 1.22 bits per heavy atom. The number of amides is 1. The van der Waals surface area contributed by atoms with E-state index >= 15 is 0 Å². The van der Waals surface area contributed by atoms with Crippen molar-refractivity contribution in [2.45, 2.75) is 38.6 Å². The molecule has 3 rings (SSSR count). The molecule has 1 saturated carbocycles. The maximum Gasteiger partial charge on any atom is 0.240 e. The van der Waals surface area contributed by atoms with E-state index in [1.807, 2.05) is 12.1 Å². The second-order valence-electron chi connectivity index (χ2n) is 6.28. The molecule has 2 aromatic heterocycles. The molecule has 6 heteroatoms. The number of hydrogen-bond acceptors (Lipinski definition) is 4. The van der Waals surface area contributed by atoms with Crippen molar-refractivity contribution in [2.75, 3.05) is 19.6 Å². The van der Waals surface area contributed by atoms with Gasteiger partial charge in [-0.2, -0.15) is 0 Å². The molecule has 0 saturated heterocycles. The van der Waals surface area contributed by atoms with Crippen LogP contribution in [-0.4, -0.2) is 40.1 Å². The fourth-order valence-electron chi connectivity index (χ4n) is 3.21. The molecular formula is C17H25N5O. The molecule has 0 bridgehead atoms. The number of carbonyl (C=O) groups excluding carboxylic acids is 1.